The van der Waals surface area contributed by atoms with Crippen molar-refractivity contribution < 1.29 is 9.59 Å². The van der Waals surface area contributed by atoms with Gasteiger partial charge in [-0.2, -0.15) is 0 Å². The van der Waals surface area contributed by atoms with Crippen LogP contribution in [0.25, 0.3) is 28.0 Å². The average molecular weight is 667 g/mol. The number of rotatable bonds is 5. The van der Waals surface area contributed by atoms with Gasteiger partial charge in [0.15, 0.2) is 11.6 Å². The Kier molecular flexibility index (Phi) is 7.61. The third kappa shape index (κ3) is 5.12. The molecule has 51 heavy (non-hydrogen) atoms. The Morgan fingerprint density at radius 3 is 2.06 bits per heavy atom. The van der Waals surface area contributed by atoms with Crippen LogP contribution in [0.15, 0.2) is 121 Å². The van der Waals surface area contributed by atoms with E-state index in [0.717, 1.165) is 27.7 Å². The van der Waals surface area contributed by atoms with Gasteiger partial charge < -0.3 is 10.6 Å². The van der Waals surface area contributed by atoms with E-state index in [4.69, 9.17) is 5.73 Å². The van der Waals surface area contributed by atoms with E-state index in [9.17, 15) is 9.59 Å². The number of hydrogen-bond acceptors (Lipinski definition) is 4. The Balaban J connectivity index is 1.31. The number of fused-ring (bicyclic) bond motifs is 5. The van der Waals surface area contributed by atoms with E-state index < -0.39 is 0 Å². The third-order valence-electron chi connectivity index (χ3n) is 10.8. The van der Waals surface area contributed by atoms with Gasteiger partial charge in [-0.25, -0.2) is 0 Å². The molecule has 0 aromatic heterocycles. The van der Waals surface area contributed by atoms with E-state index in [-0.39, 0.29) is 22.6 Å². The Morgan fingerprint density at radius 1 is 0.667 bits per heavy atom. The molecule has 2 N–H and O–H groups in total. The number of benzene rings is 6. The quantitative estimate of drug-likeness (QED) is 0.113. The normalized spacial score (nSPS) is 15.5. The molecular formula is C47H42N2O2. The molecule has 1 aliphatic heterocycles. The van der Waals surface area contributed by atoms with E-state index in [1.165, 1.54) is 39.1 Å². The van der Waals surface area contributed by atoms with Gasteiger partial charge in [-0.15, -0.1) is 0 Å². The molecule has 2 aliphatic rings. The first-order valence-corrected chi connectivity index (χ1v) is 17.9. The number of carbonyl (C=O) groups excluding carboxylic acids is 2. The van der Waals surface area contributed by atoms with Gasteiger partial charge >= 0.3 is 0 Å². The highest BCUT2D eigenvalue weighted by Crippen LogP contribution is 2.55. The van der Waals surface area contributed by atoms with Crippen LogP contribution < -0.4 is 10.6 Å². The molecule has 1 heterocycles. The van der Waals surface area contributed by atoms with Crippen molar-refractivity contribution in [3.8, 4) is 11.1 Å². The highest BCUT2D eigenvalue weighted by Gasteiger charge is 2.39. The highest BCUT2D eigenvalue weighted by atomic mass is 16.2. The first-order valence-electron chi connectivity index (χ1n) is 17.9. The molecule has 252 valence electrons. The molecule has 1 aliphatic carbocycles. The molecule has 0 atom stereocenters. The molecule has 0 saturated heterocycles. The summed E-state index contributed by atoms with van der Waals surface area (Å²) in [5, 5.41) is 2.19. The standard InChI is InChI=1S/C47H42N2O2/c1-27(2)34-13-10-14-35(28(3)4)43(34)31-17-21-41-40(25-31)47(5,6)44-36-19-15-29(24-39-45(50)37-20-18-32(48)26-38(37)46(39)51)23-30(36)16-22-42(44)49(41)33-11-8-7-9-12-33/h7-28H,48H2,1-6H3/b39-24-. The van der Waals surface area contributed by atoms with Crippen molar-refractivity contribution in [2.24, 2.45) is 0 Å². The van der Waals surface area contributed by atoms with Crippen LogP contribution in [0.5, 0.6) is 0 Å². The van der Waals surface area contributed by atoms with Crippen molar-refractivity contribution in [1.29, 1.82) is 0 Å². The number of ketones is 2. The number of hydrogen-bond donors (Lipinski definition) is 1. The number of nitrogen functional groups attached to an aromatic ring is 1. The van der Waals surface area contributed by atoms with Crippen LogP contribution >= 0.6 is 0 Å². The lowest BCUT2D eigenvalue weighted by Crippen LogP contribution is -2.31. The molecule has 0 amide bonds. The molecule has 0 bridgehead atoms. The Bertz CT molecular complexity index is 2420. The van der Waals surface area contributed by atoms with Crippen molar-refractivity contribution in [2.75, 3.05) is 10.6 Å². The summed E-state index contributed by atoms with van der Waals surface area (Å²) in [5.74, 6) is 0.242. The lowest BCUT2D eigenvalue weighted by atomic mass is 9.70. The van der Waals surface area contributed by atoms with Gasteiger partial charge in [-0.05, 0) is 122 Å². The van der Waals surface area contributed by atoms with Crippen LogP contribution in [0.2, 0.25) is 0 Å². The Morgan fingerprint density at radius 2 is 1.35 bits per heavy atom. The van der Waals surface area contributed by atoms with Crippen molar-refractivity contribution in [1.82, 2.24) is 0 Å². The molecule has 0 unspecified atom stereocenters. The molecule has 0 fully saturated rings. The van der Waals surface area contributed by atoms with Gasteiger partial charge in [0.2, 0.25) is 0 Å². The third-order valence-corrected chi connectivity index (χ3v) is 10.8. The zero-order valence-electron chi connectivity index (χ0n) is 30.0. The number of anilines is 4. The van der Waals surface area contributed by atoms with Crippen LogP contribution in [0, 0.1) is 0 Å². The summed E-state index contributed by atoms with van der Waals surface area (Å²) in [6.07, 6.45) is 1.72. The first-order chi connectivity index (χ1) is 24.5. The van der Waals surface area contributed by atoms with Crippen LogP contribution in [0.1, 0.15) is 102 Å². The molecule has 0 spiro atoms. The molecule has 8 rings (SSSR count). The second-order valence-corrected chi connectivity index (χ2v) is 15.1. The van der Waals surface area contributed by atoms with Crippen molar-refractivity contribution >= 4 is 51.2 Å². The van der Waals surface area contributed by atoms with Crippen LogP contribution in [0.4, 0.5) is 22.7 Å². The Labute approximate surface area is 300 Å². The summed E-state index contributed by atoms with van der Waals surface area (Å²) in [4.78, 5) is 28.9. The minimum Gasteiger partial charge on any atom is -0.399 e. The van der Waals surface area contributed by atoms with Crippen molar-refractivity contribution in [3.63, 3.8) is 0 Å². The number of carbonyl (C=O) groups is 2. The number of nitrogens with zero attached hydrogens (tertiary/aromatic N) is 1. The SMILES string of the molecule is CC(C)c1cccc(C(C)C)c1-c1ccc2c(c1)C(C)(C)c1c(ccc3cc(/C=C4/C(=O)c5ccc(N)cc5C4=O)ccc13)N2c1ccccc1. The molecule has 4 heteroatoms. The predicted molar refractivity (Wildman–Crippen MR) is 212 cm³/mol. The lowest BCUT2D eigenvalue weighted by Gasteiger charge is -2.43. The molecular weight excluding hydrogens is 625 g/mol. The second-order valence-electron chi connectivity index (χ2n) is 15.1. The summed E-state index contributed by atoms with van der Waals surface area (Å²) in [6.45, 7) is 13.8. The van der Waals surface area contributed by atoms with Gasteiger partial charge in [-0.1, -0.05) is 102 Å². The number of allylic oxidation sites excluding steroid dienone is 1. The maximum Gasteiger partial charge on any atom is 0.197 e. The number of para-hydroxylation sites is 1. The molecule has 0 saturated carbocycles. The molecule has 6 aromatic rings. The van der Waals surface area contributed by atoms with Crippen LogP contribution in [0.3, 0.4) is 0 Å². The van der Waals surface area contributed by atoms with Gasteiger partial charge in [-0.3, -0.25) is 9.59 Å². The molecule has 6 aromatic carbocycles. The summed E-state index contributed by atoms with van der Waals surface area (Å²) in [5.41, 5.74) is 19.1. The minimum atomic E-state index is -0.352. The fraction of sp³-hybridized carbons (Fsp3) is 0.191. The maximum absolute atomic E-state index is 13.3. The molecule has 0 radical (unpaired) electrons. The second kappa shape index (κ2) is 11.9. The zero-order chi connectivity index (χ0) is 35.8. The van der Waals surface area contributed by atoms with E-state index in [0.29, 0.717) is 28.7 Å². The first kappa shape index (κ1) is 32.5. The highest BCUT2D eigenvalue weighted by molar-refractivity contribution is 6.41. The van der Waals surface area contributed by atoms with Crippen LogP contribution in [-0.4, -0.2) is 11.6 Å². The van der Waals surface area contributed by atoms with Gasteiger partial charge in [0.1, 0.15) is 0 Å². The monoisotopic (exact) mass is 666 g/mol. The summed E-state index contributed by atoms with van der Waals surface area (Å²) < 4.78 is 0. The van der Waals surface area contributed by atoms with Gasteiger partial charge in [0.05, 0.1) is 16.9 Å². The minimum absolute atomic E-state index is 0.174. The van der Waals surface area contributed by atoms with Crippen molar-refractivity contribution in [3.05, 3.63) is 160 Å². The van der Waals surface area contributed by atoms with Gasteiger partial charge in [0.25, 0.3) is 0 Å². The van der Waals surface area contributed by atoms with Crippen LogP contribution in [-0.2, 0) is 5.41 Å². The maximum atomic E-state index is 13.3. The molecule has 4 nitrogen and oxygen atoms in total. The largest absolute Gasteiger partial charge is 0.399 e. The Hall–Kier alpha value is -5.74. The zero-order valence-corrected chi connectivity index (χ0v) is 30.0. The van der Waals surface area contributed by atoms with E-state index in [1.807, 2.05) is 6.07 Å². The smallest absolute Gasteiger partial charge is 0.197 e. The number of Topliss-reactive ketones (excluding diaryl/α,β-unsaturated/α-hetero) is 2. The topological polar surface area (TPSA) is 63.4 Å². The summed E-state index contributed by atoms with van der Waals surface area (Å²) >= 11 is 0. The summed E-state index contributed by atoms with van der Waals surface area (Å²) in [7, 11) is 0. The number of nitrogens with two attached hydrogens (primary N) is 1. The summed E-state index contributed by atoms with van der Waals surface area (Å²) in [6, 6.07) is 39.9. The average Bonchev–Trinajstić information content (AvgIpc) is 3.35. The fourth-order valence-electron chi connectivity index (χ4n) is 8.30. The van der Waals surface area contributed by atoms with E-state index in [1.54, 1.807) is 24.3 Å². The fourth-order valence-corrected chi connectivity index (χ4v) is 8.30. The van der Waals surface area contributed by atoms with Gasteiger partial charge in [0, 0.05) is 27.9 Å². The van der Waals surface area contributed by atoms with E-state index in [2.05, 4.69) is 137 Å². The van der Waals surface area contributed by atoms with E-state index >= 15 is 0 Å². The van der Waals surface area contributed by atoms with Crippen molar-refractivity contribution in [2.45, 2.75) is 58.8 Å². The predicted octanol–water partition coefficient (Wildman–Crippen LogP) is 11.9. The lowest BCUT2D eigenvalue weighted by molar-refractivity contribution is 0.0990.